The predicted octanol–water partition coefficient (Wildman–Crippen LogP) is 1.93. The lowest BCUT2D eigenvalue weighted by atomic mass is 10.3. The standard InChI is InChI=1S/C11H14N4/c1-8-4-9(2)15(14-8)11-5-10(12-3)6-13-7-11/h4-7,12H,1-3H3. The summed E-state index contributed by atoms with van der Waals surface area (Å²) in [7, 11) is 1.88. The molecule has 2 rings (SSSR count). The molecule has 4 heteroatoms. The minimum atomic E-state index is 0.979. The number of hydrogen-bond acceptors (Lipinski definition) is 3. The van der Waals surface area contributed by atoms with E-state index in [2.05, 4.69) is 15.4 Å². The molecule has 4 nitrogen and oxygen atoms in total. The Balaban J connectivity index is 2.49. The van der Waals surface area contributed by atoms with Crippen molar-refractivity contribution in [2.24, 2.45) is 0 Å². The Morgan fingerprint density at radius 1 is 1.20 bits per heavy atom. The summed E-state index contributed by atoms with van der Waals surface area (Å²) >= 11 is 0. The van der Waals surface area contributed by atoms with Crippen LogP contribution in [0, 0.1) is 13.8 Å². The molecule has 0 saturated heterocycles. The van der Waals surface area contributed by atoms with E-state index in [1.54, 1.807) is 12.4 Å². The van der Waals surface area contributed by atoms with E-state index in [1.165, 1.54) is 0 Å². The minimum absolute atomic E-state index is 0.979. The molecule has 0 saturated carbocycles. The molecular weight excluding hydrogens is 188 g/mol. The molecule has 0 aliphatic carbocycles. The number of aromatic nitrogens is 3. The summed E-state index contributed by atoms with van der Waals surface area (Å²) in [5.41, 5.74) is 4.09. The van der Waals surface area contributed by atoms with Gasteiger partial charge in [-0.3, -0.25) is 4.98 Å². The van der Waals surface area contributed by atoms with E-state index < -0.39 is 0 Å². The summed E-state index contributed by atoms with van der Waals surface area (Å²) in [4.78, 5) is 4.16. The second kappa shape index (κ2) is 3.73. The molecule has 0 radical (unpaired) electrons. The van der Waals surface area contributed by atoms with Crippen molar-refractivity contribution in [2.45, 2.75) is 13.8 Å². The molecule has 78 valence electrons. The molecule has 1 N–H and O–H groups in total. The molecule has 0 aliphatic rings. The molecule has 0 aliphatic heterocycles. The molecule has 15 heavy (non-hydrogen) atoms. The first kappa shape index (κ1) is 9.71. The van der Waals surface area contributed by atoms with Crippen molar-refractivity contribution in [2.75, 3.05) is 12.4 Å². The zero-order valence-electron chi connectivity index (χ0n) is 9.15. The van der Waals surface area contributed by atoms with Crippen LogP contribution in [-0.4, -0.2) is 21.8 Å². The van der Waals surface area contributed by atoms with Gasteiger partial charge in [-0.1, -0.05) is 0 Å². The van der Waals surface area contributed by atoms with E-state index in [0.717, 1.165) is 22.8 Å². The maximum Gasteiger partial charge on any atom is 0.0852 e. The van der Waals surface area contributed by atoms with Crippen LogP contribution in [0.15, 0.2) is 24.5 Å². The van der Waals surface area contributed by atoms with Gasteiger partial charge in [0.25, 0.3) is 0 Å². The van der Waals surface area contributed by atoms with Crippen LogP contribution in [0.5, 0.6) is 0 Å². The monoisotopic (exact) mass is 202 g/mol. The average Bonchev–Trinajstić information content (AvgIpc) is 2.58. The van der Waals surface area contributed by atoms with Crippen molar-refractivity contribution >= 4 is 5.69 Å². The third kappa shape index (κ3) is 1.83. The van der Waals surface area contributed by atoms with Crippen molar-refractivity contribution in [1.29, 1.82) is 0 Å². The predicted molar refractivity (Wildman–Crippen MR) is 60.4 cm³/mol. The van der Waals surface area contributed by atoms with Gasteiger partial charge in [-0.25, -0.2) is 4.68 Å². The zero-order valence-corrected chi connectivity index (χ0v) is 9.15. The van der Waals surface area contributed by atoms with E-state index in [9.17, 15) is 0 Å². The molecule has 2 aromatic heterocycles. The SMILES string of the molecule is CNc1cncc(-n2nc(C)cc2C)c1. The van der Waals surface area contributed by atoms with Crippen LogP contribution in [0.25, 0.3) is 5.69 Å². The molecule has 0 fully saturated rings. The quantitative estimate of drug-likeness (QED) is 0.809. The summed E-state index contributed by atoms with van der Waals surface area (Å²) in [6, 6.07) is 4.07. The molecule has 0 atom stereocenters. The molecule has 0 unspecified atom stereocenters. The second-order valence-electron chi connectivity index (χ2n) is 3.52. The van der Waals surface area contributed by atoms with Crippen LogP contribution >= 0.6 is 0 Å². The first-order valence-electron chi connectivity index (χ1n) is 4.87. The highest BCUT2D eigenvalue weighted by atomic mass is 15.3. The maximum atomic E-state index is 4.40. The maximum absolute atomic E-state index is 4.40. The normalized spacial score (nSPS) is 10.3. The third-order valence-electron chi connectivity index (χ3n) is 2.27. The summed E-state index contributed by atoms with van der Waals surface area (Å²) in [6.45, 7) is 4.02. The van der Waals surface area contributed by atoms with Crippen molar-refractivity contribution in [3.63, 3.8) is 0 Å². The van der Waals surface area contributed by atoms with Crippen molar-refractivity contribution in [3.05, 3.63) is 35.9 Å². The van der Waals surface area contributed by atoms with Gasteiger partial charge in [-0.15, -0.1) is 0 Å². The van der Waals surface area contributed by atoms with Gasteiger partial charge in [0.1, 0.15) is 0 Å². The zero-order chi connectivity index (χ0) is 10.8. The largest absolute Gasteiger partial charge is 0.387 e. The van der Waals surface area contributed by atoms with Crippen LogP contribution in [-0.2, 0) is 0 Å². The van der Waals surface area contributed by atoms with Gasteiger partial charge < -0.3 is 5.32 Å². The Morgan fingerprint density at radius 2 is 2.00 bits per heavy atom. The number of pyridine rings is 1. The van der Waals surface area contributed by atoms with Crippen LogP contribution < -0.4 is 5.32 Å². The first-order valence-corrected chi connectivity index (χ1v) is 4.87. The second-order valence-corrected chi connectivity index (χ2v) is 3.52. The highest BCUT2D eigenvalue weighted by Crippen LogP contribution is 2.14. The fourth-order valence-electron chi connectivity index (χ4n) is 1.57. The molecule has 2 aromatic rings. The lowest BCUT2D eigenvalue weighted by Gasteiger charge is -2.05. The van der Waals surface area contributed by atoms with Gasteiger partial charge >= 0.3 is 0 Å². The third-order valence-corrected chi connectivity index (χ3v) is 2.27. The van der Waals surface area contributed by atoms with Crippen LogP contribution in [0.4, 0.5) is 5.69 Å². The van der Waals surface area contributed by atoms with Crippen LogP contribution in [0.2, 0.25) is 0 Å². The highest BCUT2D eigenvalue weighted by Gasteiger charge is 2.04. The average molecular weight is 202 g/mol. The molecule has 0 amide bonds. The molecule has 0 spiro atoms. The number of anilines is 1. The van der Waals surface area contributed by atoms with E-state index in [4.69, 9.17) is 0 Å². The Hall–Kier alpha value is -1.84. The molecule has 2 heterocycles. The molecular formula is C11H14N4. The lowest BCUT2D eigenvalue weighted by Crippen LogP contribution is -2.00. The summed E-state index contributed by atoms with van der Waals surface area (Å²) < 4.78 is 1.89. The van der Waals surface area contributed by atoms with E-state index >= 15 is 0 Å². The summed E-state index contributed by atoms with van der Waals surface area (Å²) in [5.74, 6) is 0. The Kier molecular flexibility index (Phi) is 2.41. The van der Waals surface area contributed by atoms with Crippen molar-refractivity contribution in [3.8, 4) is 5.69 Å². The van der Waals surface area contributed by atoms with Gasteiger partial charge in [0.15, 0.2) is 0 Å². The number of nitrogens with one attached hydrogen (secondary N) is 1. The molecule has 0 bridgehead atoms. The van der Waals surface area contributed by atoms with Crippen molar-refractivity contribution < 1.29 is 0 Å². The molecule has 0 aromatic carbocycles. The number of hydrogen-bond donors (Lipinski definition) is 1. The Bertz CT molecular complexity index is 473. The van der Waals surface area contributed by atoms with Gasteiger partial charge in [0.2, 0.25) is 0 Å². The Labute approximate surface area is 89.0 Å². The number of aryl methyl sites for hydroxylation is 2. The van der Waals surface area contributed by atoms with Crippen LogP contribution in [0.1, 0.15) is 11.4 Å². The van der Waals surface area contributed by atoms with E-state index in [-0.39, 0.29) is 0 Å². The number of rotatable bonds is 2. The smallest absolute Gasteiger partial charge is 0.0852 e. The highest BCUT2D eigenvalue weighted by molar-refractivity contribution is 5.47. The topological polar surface area (TPSA) is 42.7 Å². The summed E-state index contributed by atoms with van der Waals surface area (Å²) in [5, 5.41) is 7.46. The first-order chi connectivity index (χ1) is 7.20. The fraction of sp³-hybridized carbons (Fsp3) is 0.273. The fourth-order valence-corrected chi connectivity index (χ4v) is 1.57. The Morgan fingerprint density at radius 3 is 2.60 bits per heavy atom. The van der Waals surface area contributed by atoms with Gasteiger partial charge in [0.05, 0.1) is 29.5 Å². The van der Waals surface area contributed by atoms with E-state index in [0.29, 0.717) is 0 Å². The van der Waals surface area contributed by atoms with Gasteiger partial charge in [0, 0.05) is 12.7 Å². The summed E-state index contributed by atoms with van der Waals surface area (Å²) in [6.07, 6.45) is 3.59. The lowest BCUT2D eigenvalue weighted by molar-refractivity contribution is 0.829. The van der Waals surface area contributed by atoms with Crippen LogP contribution in [0.3, 0.4) is 0 Å². The van der Waals surface area contributed by atoms with Crippen molar-refractivity contribution in [1.82, 2.24) is 14.8 Å². The number of nitrogens with zero attached hydrogens (tertiary/aromatic N) is 3. The minimum Gasteiger partial charge on any atom is -0.387 e. The van der Waals surface area contributed by atoms with Gasteiger partial charge in [-0.2, -0.15) is 5.10 Å². The van der Waals surface area contributed by atoms with Gasteiger partial charge in [-0.05, 0) is 26.0 Å². The van der Waals surface area contributed by atoms with E-state index in [1.807, 2.05) is 37.7 Å².